The van der Waals surface area contributed by atoms with Gasteiger partial charge in [0.25, 0.3) is 0 Å². The second-order valence-corrected chi connectivity index (χ2v) is 2.74. The Hall–Kier alpha value is -1.83. The zero-order chi connectivity index (χ0) is 9.26. The standard InChI is InChI=1S/C11H8O2/c1-2-10(12)9-4-3-8-5-6-13-11(8)7-9/h2-7H,1H2. The number of allylic oxidation sites excluding steroid dienone is 1. The SMILES string of the molecule is C=CC(=O)c1ccc2ccoc2c1. The fourth-order valence-corrected chi connectivity index (χ4v) is 1.23. The molecule has 0 saturated heterocycles. The van der Waals surface area contributed by atoms with Gasteiger partial charge in [-0.3, -0.25) is 4.79 Å². The predicted octanol–water partition coefficient (Wildman–Crippen LogP) is 2.80. The molecule has 0 aliphatic rings. The Balaban J connectivity index is 2.60. The van der Waals surface area contributed by atoms with E-state index in [0.717, 1.165) is 11.0 Å². The number of carbonyl (C=O) groups excluding carboxylic acids is 1. The van der Waals surface area contributed by atoms with Gasteiger partial charge in [-0.2, -0.15) is 0 Å². The fraction of sp³-hybridized carbons (Fsp3) is 0. The van der Waals surface area contributed by atoms with Crippen molar-refractivity contribution < 1.29 is 9.21 Å². The van der Waals surface area contributed by atoms with Crippen LogP contribution < -0.4 is 0 Å². The van der Waals surface area contributed by atoms with E-state index in [9.17, 15) is 4.79 Å². The third-order valence-corrected chi connectivity index (χ3v) is 1.93. The molecule has 0 amide bonds. The summed E-state index contributed by atoms with van der Waals surface area (Å²) in [6, 6.07) is 7.20. The van der Waals surface area contributed by atoms with Crippen molar-refractivity contribution in [1.29, 1.82) is 0 Å². The summed E-state index contributed by atoms with van der Waals surface area (Å²) >= 11 is 0. The number of rotatable bonds is 2. The molecule has 0 N–H and O–H groups in total. The highest BCUT2D eigenvalue weighted by atomic mass is 16.3. The summed E-state index contributed by atoms with van der Waals surface area (Å²) in [7, 11) is 0. The maximum absolute atomic E-state index is 11.2. The lowest BCUT2D eigenvalue weighted by atomic mass is 10.1. The first-order chi connectivity index (χ1) is 6.31. The smallest absolute Gasteiger partial charge is 0.185 e. The highest BCUT2D eigenvalue weighted by Crippen LogP contribution is 2.17. The Morgan fingerprint density at radius 1 is 1.38 bits per heavy atom. The minimum absolute atomic E-state index is 0.0849. The minimum Gasteiger partial charge on any atom is -0.464 e. The van der Waals surface area contributed by atoms with Crippen LogP contribution in [0.15, 0.2) is 47.6 Å². The molecule has 0 atom stereocenters. The lowest BCUT2D eigenvalue weighted by molar-refractivity contribution is 0.104. The predicted molar refractivity (Wildman–Crippen MR) is 50.7 cm³/mol. The van der Waals surface area contributed by atoms with Crippen molar-refractivity contribution in [3.63, 3.8) is 0 Å². The number of benzene rings is 1. The lowest BCUT2D eigenvalue weighted by Gasteiger charge is -1.94. The zero-order valence-electron chi connectivity index (χ0n) is 6.99. The molecule has 0 aliphatic carbocycles. The van der Waals surface area contributed by atoms with E-state index in [1.54, 1.807) is 18.4 Å². The Labute approximate surface area is 75.5 Å². The third-order valence-electron chi connectivity index (χ3n) is 1.93. The molecule has 2 heteroatoms. The van der Waals surface area contributed by atoms with Crippen molar-refractivity contribution in [3.05, 3.63) is 48.7 Å². The second-order valence-electron chi connectivity index (χ2n) is 2.74. The van der Waals surface area contributed by atoms with E-state index in [1.807, 2.05) is 12.1 Å². The van der Waals surface area contributed by atoms with Crippen LogP contribution in [0.1, 0.15) is 10.4 Å². The summed E-state index contributed by atoms with van der Waals surface area (Å²) in [6.07, 6.45) is 2.90. The Kier molecular flexibility index (Phi) is 1.74. The van der Waals surface area contributed by atoms with Gasteiger partial charge in [-0.15, -0.1) is 0 Å². The normalized spacial score (nSPS) is 10.2. The van der Waals surface area contributed by atoms with Crippen molar-refractivity contribution in [2.75, 3.05) is 0 Å². The maximum atomic E-state index is 11.2. The first-order valence-electron chi connectivity index (χ1n) is 3.95. The van der Waals surface area contributed by atoms with Crippen LogP contribution >= 0.6 is 0 Å². The largest absolute Gasteiger partial charge is 0.464 e. The summed E-state index contributed by atoms with van der Waals surface area (Å²) in [5.41, 5.74) is 1.34. The van der Waals surface area contributed by atoms with Crippen LogP contribution in [-0.2, 0) is 0 Å². The third kappa shape index (κ3) is 1.26. The van der Waals surface area contributed by atoms with Crippen LogP contribution in [0.2, 0.25) is 0 Å². The molecule has 2 aromatic rings. The molecule has 1 aromatic carbocycles. The highest BCUT2D eigenvalue weighted by Gasteiger charge is 2.03. The minimum atomic E-state index is -0.0849. The molecular formula is C11H8O2. The number of fused-ring (bicyclic) bond motifs is 1. The molecule has 2 nitrogen and oxygen atoms in total. The Morgan fingerprint density at radius 2 is 2.23 bits per heavy atom. The molecule has 13 heavy (non-hydrogen) atoms. The first-order valence-corrected chi connectivity index (χ1v) is 3.95. The Bertz CT molecular complexity index is 466. The molecule has 0 bridgehead atoms. The average molecular weight is 172 g/mol. The molecule has 2 rings (SSSR count). The zero-order valence-corrected chi connectivity index (χ0v) is 6.99. The average Bonchev–Trinajstić information content (AvgIpc) is 2.63. The number of ketones is 1. The maximum Gasteiger partial charge on any atom is 0.185 e. The lowest BCUT2D eigenvalue weighted by Crippen LogP contribution is -1.91. The highest BCUT2D eigenvalue weighted by molar-refractivity contribution is 6.05. The number of hydrogen-bond acceptors (Lipinski definition) is 2. The van der Waals surface area contributed by atoms with E-state index in [1.165, 1.54) is 6.08 Å². The van der Waals surface area contributed by atoms with Crippen molar-refractivity contribution >= 4 is 16.8 Å². The van der Waals surface area contributed by atoms with Gasteiger partial charge in [0.2, 0.25) is 0 Å². The van der Waals surface area contributed by atoms with Crippen LogP contribution in [0.25, 0.3) is 11.0 Å². The summed E-state index contributed by atoms with van der Waals surface area (Å²) in [5, 5.41) is 1.00. The van der Waals surface area contributed by atoms with Crippen molar-refractivity contribution in [3.8, 4) is 0 Å². The van der Waals surface area contributed by atoms with Gasteiger partial charge in [-0.05, 0) is 18.2 Å². The number of furan rings is 1. The van der Waals surface area contributed by atoms with Gasteiger partial charge in [0, 0.05) is 10.9 Å². The molecule has 0 fully saturated rings. The quantitative estimate of drug-likeness (QED) is 0.515. The van der Waals surface area contributed by atoms with E-state index in [2.05, 4.69) is 6.58 Å². The number of hydrogen-bond donors (Lipinski definition) is 0. The second kappa shape index (κ2) is 2.90. The molecule has 0 saturated carbocycles. The van der Waals surface area contributed by atoms with Crippen LogP contribution in [0.4, 0.5) is 0 Å². The van der Waals surface area contributed by atoms with Gasteiger partial charge in [0.15, 0.2) is 5.78 Å². The molecule has 1 heterocycles. The molecule has 0 spiro atoms. The molecule has 0 radical (unpaired) electrons. The summed E-state index contributed by atoms with van der Waals surface area (Å²) < 4.78 is 5.17. The van der Waals surface area contributed by atoms with E-state index in [-0.39, 0.29) is 5.78 Å². The summed E-state index contributed by atoms with van der Waals surface area (Å²) in [6.45, 7) is 3.42. The molecule has 64 valence electrons. The Morgan fingerprint density at radius 3 is 3.00 bits per heavy atom. The van der Waals surface area contributed by atoms with Crippen molar-refractivity contribution in [2.45, 2.75) is 0 Å². The van der Waals surface area contributed by atoms with E-state index >= 15 is 0 Å². The summed E-state index contributed by atoms with van der Waals surface area (Å²) in [4.78, 5) is 11.2. The van der Waals surface area contributed by atoms with Gasteiger partial charge in [-0.25, -0.2) is 0 Å². The van der Waals surface area contributed by atoms with Gasteiger partial charge in [-0.1, -0.05) is 18.7 Å². The molecular weight excluding hydrogens is 164 g/mol. The van der Waals surface area contributed by atoms with Crippen LogP contribution in [0.3, 0.4) is 0 Å². The molecule has 1 aromatic heterocycles. The molecule has 0 unspecified atom stereocenters. The molecule has 0 aliphatic heterocycles. The van der Waals surface area contributed by atoms with Gasteiger partial charge < -0.3 is 4.42 Å². The van der Waals surface area contributed by atoms with Crippen molar-refractivity contribution in [1.82, 2.24) is 0 Å². The van der Waals surface area contributed by atoms with Crippen LogP contribution in [0, 0.1) is 0 Å². The van der Waals surface area contributed by atoms with Gasteiger partial charge in [0.1, 0.15) is 5.58 Å². The monoisotopic (exact) mass is 172 g/mol. The fourth-order valence-electron chi connectivity index (χ4n) is 1.23. The van der Waals surface area contributed by atoms with Gasteiger partial charge in [0.05, 0.1) is 6.26 Å². The van der Waals surface area contributed by atoms with Crippen LogP contribution in [-0.4, -0.2) is 5.78 Å². The topological polar surface area (TPSA) is 30.2 Å². The van der Waals surface area contributed by atoms with Gasteiger partial charge >= 0.3 is 0 Å². The van der Waals surface area contributed by atoms with E-state index < -0.39 is 0 Å². The van der Waals surface area contributed by atoms with Crippen molar-refractivity contribution in [2.24, 2.45) is 0 Å². The summed E-state index contributed by atoms with van der Waals surface area (Å²) in [5.74, 6) is -0.0849. The van der Waals surface area contributed by atoms with E-state index in [4.69, 9.17) is 4.42 Å². The number of carbonyl (C=O) groups is 1. The first kappa shape index (κ1) is 7.80. The van der Waals surface area contributed by atoms with Crippen LogP contribution in [0.5, 0.6) is 0 Å². The van der Waals surface area contributed by atoms with E-state index in [0.29, 0.717) is 5.56 Å².